The summed E-state index contributed by atoms with van der Waals surface area (Å²) in [7, 11) is 0. The first-order valence-corrected chi connectivity index (χ1v) is 6.29. The maximum atomic E-state index is 12.0. The van der Waals surface area contributed by atoms with Gasteiger partial charge in [0.05, 0.1) is 5.92 Å². The second-order valence-electron chi connectivity index (χ2n) is 6.66. The van der Waals surface area contributed by atoms with Crippen LogP contribution in [-0.4, -0.2) is 18.1 Å². The molecule has 18 heavy (non-hydrogen) atoms. The van der Waals surface area contributed by atoms with E-state index >= 15 is 0 Å². The Labute approximate surface area is 109 Å². The highest BCUT2D eigenvalue weighted by atomic mass is 16.6. The number of hydrogen-bond donors (Lipinski definition) is 0. The van der Waals surface area contributed by atoms with Gasteiger partial charge in [-0.25, -0.2) is 0 Å². The second kappa shape index (κ2) is 4.82. The molecule has 0 unspecified atom stereocenters. The Kier molecular flexibility index (Phi) is 3.99. The van der Waals surface area contributed by atoms with Crippen molar-refractivity contribution >= 4 is 5.97 Å². The topological polar surface area (TPSA) is 55.7 Å². The highest BCUT2D eigenvalue weighted by Gasteiger charge is 2.61. The molecule has 0 spiro atoms. The third-order valence-corrected chi connectivity index (χ3v) is 3.35. The lowest BCUT2D eigenvalue weighted by molar-refractivity contribution is -0.157. The van der Waals surface area contributed by atoms with Gasteiger partial charge < -0.3 is 4.74 Å². The molecule has 0 heterocycles. The summed E-state index contributed by atoms with van der Waals surface area (Å²) in [6, 6.07) is 0. The number of ether oxygens (including phenoxy) is 1. The van der Waals surface area contributed by atoms with E-state index in [0.717, 1.165) is 5.57 Å². The van der Waals surface area contributed by atoms with Gasteiger partial charge in [0.25, 0.3) is 0 Å². The maximum absolute atomic E-state index is 12.0. The van der Waals surface area contributed by atoms with Crippen molar-refractivity contribution in [3.63, 3.8) is 0 Å². The standard InChI is InChI=1S/C14H23NO3/c1-9(8-15-17)7-10-11(14(10,5)6)12(16)18-13(2,3)4/h7,10-11H,8H2,1-6H3/t10-,11+/m1/s1. The third kappa shape index (κ3) is 3.40. The summed E-state index contributed by atoms with van der Waals surface area (Å²) in [5.74, 6) is -0.118. The SMILES string of the molecule is CC(=C[C@@H]1[C@@H](C(=O)OC(C)(C)C)C1(C)C)CN=O. The van der Waals surface area contributed by atoms with E-state index in [4.69, 9.17) is 4.74 Å². The molecule has 0 aliphatic heterocycles. The number of carbonyl (C=O) groups excluding carboxylic acids is 1. The normalized spacial score (nSPS) is 26.7. The van der Waals surface area contributed by atoms with Crippen LogP contribution in [0.15, 0.2) is 16.8 Å². The van der Waals surface area contributed by atoms with Gasteiger partial charge in [-0.2, -0.15) is 4.91 Å². The summed E-state index contributed by atoms with van der Waals surface area (Å²) < 4.78 is 5.42. The van der Waals surface area contributed by atoms with Crippen molar-refractivity contribution in [2.75, 3.05) is 6.54 Å². The highest BCUT2D eigenvalue weighted by Crippen LogP contribution is 2.60. The molecular weight excluding hydrogens is 230 g/mol. The minimum Gasteiger partial charge on any atom is -0.460 e. The molecule has 1 fully saturated rings. The molecule has 1 aliphatic carbocycles. The van der Waals surface area contributed by atoms with E-state index in [-0.39, 0.29) is 29.8 Å². The number of carbonyl (C=O) groups is 1. The summed E-state index contributed by atoms with van der Waals surface area (Å²) in [5, 5.41) is 2.86. The molecule has 1 rings (SSSR count). The lowest BCUT2D eigenvalue weighted by Gasteiger charge is -2.19. The van der Waals surface area contributed by atoms with Gasteiger partial charge in [-0.3, -0.25) is 4.79 Å². The molecule has 0 bridgehead atoms. The Hall–Kier alpha value is -1.19. The molecule has 1 aliphatic rings. The van der Waals surface area contributed by atoms with E-state index in [1.807, 2.05) is 47.6 Å². The van der Waals surface area contributed by atoms with Crippen LogP contribution < -0.4 is 0 Å². The van der Waals surface area contributed by atoms with Crippen molar-refractivity contribution in [2.24, 2.45) is 22.4 Å². The Bertz CT molecular complexity index is 377. The molecule has 0 amide bonds. The fourth-order valence-corrected chi connectivity index (χ4v) is 2.27. The van der Waals surface area contributed by atoms with Gasteiger partial charge in [0.1, 0.15) is 12.1 Å². The predicted molar refractivity (Wildman–Crippen MR) is 71.0 cm³/mol. The van der Waals surface area contributed by atoms with Crippen LogP contribution in [-0.2, 0) is 9.53 Å². The Morgan fingerprint density at radius 3 is 2.39 bits per heavy atom. The van der Waals surface area contributed by atoms with Crippen molar-refractivity contribution in [3.05, 3.63) is 16.6 Å². The molecule has 4 nitrogen and oxygen atoms in total. The van der Waals surface area contributed by atoms with Crippen molar-refractivity contribution in [1.29, 1.82) is 0 Å². The van der Waals surface area contributed by atoms with Crippen LogP contribution in [0.25, 0.3) is 0 Å². The molecule has 0 aromatic heterocycles. The van der Waals surface area contributed by atoms with E-state index in [9.17, 15) is 9.70 Å². The molecule has 0 aromatic carbocycles. The summed E-state index contributed by atoms with van der Waals surface area (Å²) >= 11 is 0. The number of nitrogens with zero attached hydrogens (tertiary/aromatic N) is 1. The number of allylic oxidation sites excluding steroid dienone is 1. The van der Waals surface area contributed by atoms with Gasteiger partial charge in [0, 0.05) is 0 Å². The molecule has 102 valence electrons. The van der Waals surface area contributed by atoms with E-state index < -0.39 is 5.60 Å². The quantitative estimate of drug-likeness (QED) is 0.439. The van der Waals surface area contributed by atoms with E-state index in [1.165, 1.54) is 0 Å². The highest BCUT2D eigenvalue weighted by molar-refractivity contribution is 5.78. The number of rotatable bonds is 4. The molecule has 0 saturated heterocycles. The average Bonchev–Trinajstić information content (AvgIpc) is 2.65. The van der Waals surface area contributed by atoms with Crippen LogP contribution in [0, 0.1) is 22.2 Å². The average molecular weight is 253 g/mol. The lowest BCUT2D eigenvalue weighted by Crippen LogP contribution is -2.26. The minimum atomic E-state index is -0.455. The molecular formula is C14H23NO3. The van der Waals surface area contributed by atoms with Crippen molar-refractivity contribution in [1.82, 2.24) is 0 Å². The summed E-state index contributed by atoms with van der Waals surface area (Å²) in [6.45, 7) is 11.7. The van der Waals surface area contributed by atoms with Gasteiger partial charge in [0.2, 0.25) is 0 Å². The fourth-order valence-electron chi connectivity index (χ4n) is 2.27. The largest absolute Gasteiger partial charge is 0.460 e. The molecule has 1 saturated carbocycles. The molecule has 0 N–H and O–H groups in total. The summed E-state index contributed by atoms with van der Waals surface area (Å²) in [4.78, 5) is 22.2. The summed E-state index contributed by atoms with van der Waals surface area (Å²) in [6.07, 6.45) is 1.98. The summed E-state index contributed by atoms with van der Waals surface area (Å²) in [5.41, 5.74) is 0.365. The molecule has 4 heteroatoms. The zero-order valence-corrected chi connectivity index (χ0v) is 12.1. The molecule has 2 atom stereocenters. The lowest BCUT2D eigenvalue weighted by atomic mass is 10.1. The molecule has 0 aromatic rings. The van der Waals surface area contributed by atoms with Crippen LogP contribution in [0.4, 0.5) is 0 Å². The van der Waals surface area contributed by atoms with Gasteiger partial charge in [-0.15, -0.1) is 0 Å². The first kappa shape index (κ1) is 14.9. The Morgan fingerprint density at radius 1 is 1.39 bits per heavy atom. The van der Waals surface area contributed by atoms with Crippen LogP contribution in [0.3, 0.4) is 0 Å². The number of esters is 1. The first-order chi connectivity index (χ1) is 8.09. The predicted octanol–water partition coefficient (Wildman–Crippen LogP) is 3.31. The van der Waals surface area contributed by atoms with Crippen molar-refractivity contribution < 1.29 is 9.53 Å². The van der Waals surface area contributed by atoms with E-state index in [2.05, 4.69) is 5.18 Å². The Morgan fingerprint density at radius 2 is 1.94 bits per heavy atom. The smallest absolute Gasteiger partial charge is 0.310 e. The molecule has 0 radical (unpaired) electrons. The van der Waals surface area contributed by atoms with Gasteiger partial charge in [0.15, 0.2) is 0 Å². The van der Waals surface area contributed by atoms with Crippen LogP contribution in [0.1, 0.15) is 41.5 Å². The van der Waals surface area contributed by atoms with Crippen LogP contribution in [0.5, 0.6) is 0 Å². The first-order valence-electron chi connectivity index (χ1n) is 6.29. The number of nitroso groups, excluding NO2 is 1. The fraction of sp³-hybridized carbons (Fsp3) is 0.786. The van der Waals surface area contributed by atoms with Gasteiger partial charge in [-0.1, -0.05) is 30.7 Å². The zero-order chi connectivity index (χ0) is 14.1. The zero-order valence-electron chi connectivity index (χ0n) is 12.1. The van der Waals surface area contributed by atoms with Gasteiger partial charge in [-0.05, 0) is 39.0 Å². The monoisotopic (exact) mass is 253 g/mol. The maximum Gasteiger partial charge on any atom is 0.310 e. The number of hydrogen-bond acceptors (Lipinski definition) is 4. The second-order valence-corrected chi connectivity index (χ2v) is 6.66. The van der Waals surface area contributed by atoms with Crippen LogP contribution in [0.2, 0.25) is 0 Å². The third-order valence-electron chi connectivity index (χ3n) is 3.35. The van der Waals surface area contributed by atoms with E-state index in [1.54, 1.807) is 0 Å². The van der Waals surface area contributed by atoms with Gasteiger partial charge >= 0.3 is 5.97 Å². The minimum absolute atomic E-state index is 0.0908. The Balaban J connectivity index is 2.72. The van der Waals surface area contributed by atoms with E-state index in [0.29, 0.717) is 0 Å². The van der Waals surface area contributed by atoms with Crippen molar-refractivity contribution in [3.8, 4) is 0 Å². The van der Waals surface area contributed by atoms with Crippen LogP contribution >= 0.6 is 0 Å². The van der Waals surface area contributed by atoms with Crippen molar-refractivity contribution in [2.45, 2.75) is 47.1 Å².